The maximum atomic E-state index is 12.0. The normalized spacial score (nSPS) is 11.7. The molecule has 2 N–H and O–H groups in total. The Hall–Kier alpha value is -2.27. The summed E-state index contributed by atoms with van der Waals surface area (Å²) >= 11 is 0. The fraction of sp³-hybridized carbons (Fsp3) is 0.400. The summed E-state index contributed by atoms with van der Waals surface area (Å²) in [5.41, 5.74) is 0. The molecule has 0 saturated heterocycles. The molecule has 2 rings (SSSR count). The number of aryl methyl sites for hydroxylation is 2. The molecule has 114 valence electrons. The van der Waals surface area contributed by atoms with Crippen LogP contribution in [0.3, 0.4) is 0 Å². The van der Waals surface area contributed by atoms with Gasteiger partial charge in [-0.2, -0.15) is 10.1 Å². The Balaban J connectivity index is 2.00. The molecule has 0 aliphatic carbocycles. The van der Waals surface area contributed by atoms with Crippen LogP contribution >= 0.6 is 0 Å². The fourth-order valence-electron chi connectivity index (χ4n) is 1.47. The van der Waals surface area contributed by atoms with E-state index in [1.165, 1.54) is 10.9 Å². The Bertz CT molecular complexity index is 735. The second-order valence-corrected chi connectivity index (χ2v) is 5.91. The molecule has 0 atom stereocenters. The molecular weight excluding hydrogens is 302 g/mol. The minimum atomic E-state index is -3.78. The highest BCUT2D eigenvalue weighted by atomic mass is 32.2. The first-order chi connectivity index (χ1) is 9.87. The van der Waals surface area contributed by atoms with Gasteiger partial charge in [0.1, 0.15) is 4.90 Å². The van der Waals surface area contributed by atoms with E-state index in [1.807, 2.05) is 0 Å². The van der Waals surface area contributed by atoms with Crippen LogP contribution < -0.4 is 4.72 Å². The summed E-state index contributed by atoms with van der Waals surface area (Å²) < 4.78 is 32.3. The van der Waals surface area contributed by atoms with Crippen LogP contribution in [-0.2, 0) is 27.9 Å². The summed E-state index contributed by atoms with van der Waals surface area (Å²) in [5.74, 6) is -0.431. The number of carboxylic acids is 1. The Morgan fingerprint density at radius 2 is 2.29 bits per heavy atom. The first-order valence-electron chi connectivity index (χ1n) is 5.90. The number of nitrogens with one attached hydrogen (secondary N) is 1. The molecular formula is C10H13N5O5S. The van der Waals surface area contributed by atoms with Gasteiger partial charge in [-0.15, -0.1) is 0 Å². The first-order valence-corrected chi connectivity index (χ1v) is 7.38. The van der Waals surface area contributed by atoms with Gasteiger partial charge in [0.15, 0.2) is 5.82 Å². The zero-order chi connectivity index (χ0) is 15.5. The maximum absolute atomic E-state index is 12.0. The molecule has 21 heavy (non-hydrogen) atoms. The lowest BCUT2D eigenvalue weighted by Gasteiger charge is -2.01. The van der Waals surface area contributed by atoms with E-state index >= 15 is 0 Å². The zero-order valence-corrected chi connectivity index (χ0v) is 11.9. The number of nitrogens with zero attached hydrogens (tertiary/aromatic N) is 4. The van der Waals surface area contributed by atoms with Gasteiger partial charge in [0.25, 0.3) is 0 Å². The summed E-state index contributed by atoms with van der Waals surface area (Å²) in [4.78, 5) is 14.2. The van der Waals surface area contributed by atoms with Crippen LogP contribution in [0.2, 0.25) is 0 Å². The van der Waals surface area contributed by atoms with Gasteiger partial charge in [-0.1, -0.05) is 5.16 Å². The Morgan fingerprint density at radius 3 is 2.90 bits per heavy atom. The van der Waals surface area contributed by atoms with Crippen molar-refractivity contribution in [1.29, 1.82) is 0 Å². The van der Waals surface area contributed by atoms with Crippen LogP contribution in [0.4, 0.5) is 0 Å². The van der Waals surface area contributed by atoms with Gasteiger partial charge in [-0.05, 0) is 6.92 Å². The lowest BCUT2D eigenvalue weighted by atomic mass is 10.4. The van der Waals surface area contributed by atoms with Crippen molar-refractivity contribution in [2.75, 3.05) is 0 Å². The van der Waals surface area contributed by atoms with Crippen molar-refractivity contribution in [2.45, 2.75) is 31.3 Å². The summed E-state index contributed by atoms with van der Waals surface area (Å²) in [7, 11) is -3.78. The number of rotatable bonds is 7. The van der Waals surface area contributed by atoms with Crippen molar-refractivity contribution in [3.8, 4) is 0 Å². The standard InChI is InChI=1S/C10H13N5O5S/c1-7-13-9(20-14-7)5-12-21(18,19)8-4-11-15(6-8)3-2-10(16)17/h4,6,12H,2-3,5H2,1H3,(H,16,17). The number of aromatic nitrogens is 4. The minimum absolute atomic E-state index is 0.0656. The molecule has 0 aliphatic heterocycles. The average Bonchev–Trinajstić information content (AvgIpc) is 3.03. The molecule has 0 spiro atoms. The van der Waals surface area contributed by atoms with Crippen molar-refractivity contribution in [3.63, 3.8) is 0 Å². The van der Waals surface area contributed by atoms with Crippen LogP contribution in [-0.4, -0.2) is 39.4 Å². The van der Waals surface area contributed by atoms with Gasteiger partial charge < -0.3 is 9.63 Å². The third-order valence-corrected chi connectivity index (χ3v) is 3.81. The van der Waals surface area contributed by atoms with Crippen molar-refractivity contribution in [2.24, 2.45) is 0 Å². The van der Waals surface area contributed by atoms with E-state index in [0.717, 1.165) is 6.20 Å². The highest BCUT2D eigenvalue weighted by Gasteiger charge is 2.17. The van der Waals surface area contributed by atoms with Crippen LogP contribution in [0.5, 0.6) is 0 Å². The van der Waals surface area contributed by atoms with E-state index in [9.17, 15) is 13.2 Å². The second-order valence-electron chi connectivity index (χ2n) is 4.14. The number of hydrogen-bond acceptors (Lipinski definition) is 7. The highest BCUT2D eigenvalue weighted by molar-refractivity contribution is 7.89. The number of sulfonamides is 1. The largest absolute Gasteiger partial charge is 0.481 e. The monoisotopic (exact) mass is 315 g/mol. The topological polar surface area (TPSA) is 140 Å². The van der Waals surface area contributed by atoms with Gasteiger partial charge >= 0.3 is 5.97 Å². The predicted octanol–water partition coefficient (Wildman–Crippen LogP) is -0.472. The second kappa shape index (κ2) is 6.01. The summed E-state index contributed by atoms with van der Waals surface area (Å²) in [5, 5.41) is 15.9. The quantitative estimate of drug-likeness (QED) is 0.698. The van der Waals surface area contributed by atoms with E-state index < -0.39 is 16.0 Å². The number of hydrogen-bond donors (Lipinski definition) is 2. The van der Waals surface area contributed by atoms with Gasteiger partial charge in [0, 0.05) is 6.20 Å². The molecule has 0 aliphatic rings. The van der Waals surface area contributed by atoms with Gasteiger partial charge in [-0.25, -0.2) is 13.1 Å². The lowest BCUT2D eigenvalue weighted by molar-refractivity contribution is -0.137. The molecule has 0 bridgehead atoms. The number of aliphatic carboxylic acids is 1. The Labute approximate surface area is 119 Å². The fourth-order valence-corrected chi connectivity index (χ4v) is 2.39. The smallest absolute Gasteiger partial charge is 0.305 e. The van der Waals surface area contributed by atoms with Crippen LogP contribution in [0.1, 0.15) is 18.1 Å². The van der Waals surface area contributed by atoms with Crippen LogP contribution in [0.15, 0.2) is 21.8 Å². The molecule has 0 unspecified atom stereocenters. The first kappa shape index (κ1) is 15.1. The minimum Gasteiger partial charge on any atom is -0.481 e. The molecule has 0 radical (unpaired) electrons. The van der Waals surface area contributed by atoms with Crippen molar-refractivity contribution < 1.29 is 22.8 Å². The average molecular weight is 315 g/mol. The molecule has 10 nitrogen and oxygen atoms in total. The van der Waals surface area contributed by atoms with Gasteiger partial charge in [-0.3, -0.25) is 9.48 Å². The molecule has 2 heterocycles. The maximum Gasteiger partial charge on any atom is 0.305 e. The summed E-state index contributed by atoms with van der Waals surface area (Å²) in [6.45, 7) is 1.57. The SMILES string of the molecule is Cc1noc(CNS(=O)(=O)c2cnn(CCC(=O)O)c2)n1. The van der Waals surface area contributed by atoms with Crippen molar-refractivity contribution in [1.82, 2.24) is 24.6 Å². The predicted molar refractivity (Wildman–Crippen MR) is 67.5 cm³/mol. The van der Waals surface area contributed by atoms with E-state index in [2.05, 4.69) is 20.0 Å². The van der Waals surface area contributed by atoms with Crippen molar-refractivity contribution >= 4 is 16.0 Å². The van der Waals surface area contributed by atoms with Crippen LogP contribution in [0, 0.1) is 6.92 Å². The third-order valence-electron chi connectivity index (χ3n) is 2.46. The molecule has 2 aromatic rings. The molecule has 11 heteroatoms. The molecule has 0 amide bonds. The van der Waals surface area contributed by atoms with Crippen molar-refractivity contribution in [3.05, 3.63) is 24.1 Å². The zero-order valence-electron chi connectivity index (χ0n) is 11.1. The van der Waals surface area contributed by atoms with Gasteiger partial charge in [0.05, 0.1) is 25.7 Å². The van der Waals surface area contributed by atoms with E-state index in [1.54, 1.807) is 6.92 Å². The molecule has 0 aromatic carbocycles. The van der Waals surface area contributed by atoms with E-state index in [-0.39, 0.29) is 30.3 Å². The highest BCUT2D eigenvalue weighted by Crippen LogP contribution is 2.08. The molecule has 0 saturated carbocycles. The molecule has 2 aromatic heterocycles. The van der Waals surface area contributed by atoms with E-state index in [4.69, 9.17) is 9.63 Å². The Kier molecular flexibility index (Phi) is 4.33. The molecule has 0 fully saturated rings. The summed E-state index contributed by atoms with van der Waals surface area (Å²) in [6.07, 6.45) is 2.25. The van der Waals surface area contributed by atoms with Gasteiger partial charge in [0.2, 0.25) is 15.9 Å². The Morgan fingerprint density at radius 1 is 1.52 bits per heavy atom. The number of carboxylic acid groups (broad SMARTS) is 1. The lowest BCUT2D eigenvalue weighted by Crippen LogP contribution is -2.23. The summed E-state index contributed by atoms with van der Waals surface area (Å²) in [6, 6.07) is 0. The third kappa shape index (κ3) is 4.10. The van der Waals surface area contributed by atoms with Crippen LogP contribution in [0.25, 0.3) is 0 Å². The number of carbonyl (C=O) groups is 1. The van der Waals surface area contributed by atoms with E-state index in [0.29, 0.717) is 5.82 Å².